The average molecular weight is 458 g/mol. The van der Waals surface area contributed by atoms with Crippen LogP contribution in [0.1, 0.15) is 17.4 Å². The highest BCUT2D eigenvalue weighted by Gasteiger charge is 2.24. The van der Waals surface area contributed by atoms with Gasteiger partial charge in [-0.2, -0.15) is 5.10 Å². The Morgan fingerprint density at radius 2 is 2.00 bits per heavy atom. The molecule has 0 aliphatic rings. The van der Waals surface area contributed by atoms with E-state index in [1.165, 1.54) is 38.5 Å². The molecule has 3 rings (SSSR count). The Morgan fingerprint density at radius 3 is 2.62 bits per heavy atom. The predicted molar refractivity (Wildman–Crippen MR) is 120 cm³/mol. The number of hydrogen-bond acceptors (Lipinski definition) is 9. The van der Waals surface area contributed by atoms with Crippen LogP contribution in [0.3, 0.4) is 0 Å². The SMILES string of the molecule is COc1ccc(C(O)/C(=N\NC(N)=S)c2nc3ccc([N+](=O)[O-])cc3[nH]c2=O)cc1OC. The van der Waals surface area contributed by atoms with Gasteiger partial charge in [-0.15, -0.1) is 0 Å². The number of aromatic amines is 1. The van der Waals surface area contributed by atoms with Gasteiger partial charge in [-0.3, -0.25) is 20.3 Å². The van der Waals surface area contributed by atoms with Crippen molar-refractivity contribution in [2.75, 3.05) is 14.2 Å². The molecule has 12 nitrogen and oxygen atoms in total. The van der Waals surface area contributed by atoms with Crippen LogP contribution in [0.5, 0.6) is 11.5 Å². The highest BCUT2D eigenvalue weighted by atomic mass is 32.1. The zero-order valence-electron chi connectivity index (χ0n) is 16.9. The maximum atomic E-state index is 12.7. The van der Waals surface area contributed by atoms with E-state index in [0.717, 1.165) is 0 Å². The second-order valence-electron chi connectivity index (χ2n) is 6.36. The number of ether oxygens (including phenoxy) is 2. The topological polar surface area (TPSA) is 178 Å². The van der Waals surface area contributed by atoms with E-state index in [0.29, 0.717) is 17.1 Å². The lowest BCUT2D eigenvalue weighted by Crippen LogP contribution is -2.31. The maximum absolute atomic E-state index is 12.7. The molecule has 0 bridgehead atoms. The molecule has 0 aliphatic heterocycles. The van der Waals surface area contributed by atoms with E-state index in [1.54, 1.807) is 12.1 Å². The first kappa shape index (κ1) is 22.6. The standard InChI is InChI=1S/C19H18N6O6S/c1-30-13-6-3-9(7-14(13)31-2)17(26)15(23-24-19(20)32)16-18(27)22-12-8-10(25(28)29)4-5-11(12)21-16/h3-8,17,26H,1-2H3,(H,22,27)(H3,20,24,32)/b23-15-. The first-order chi connectivity index (χ1) is 15.2. The Morgan fingerprint density at radius 1 is 1.28 bits per heavy atom. The smallest absolute Gasteiger partial charge is 0.276 e. The Bertz CT molecular complexity index is 1290. The number of hydrogen-bond donors (Lipinski definition) is 4. The zero-order valence-corrected chi connectivity index (χ0v) is 17.7. The largest absolute Gasteiger partial charge is 0.493 e. The number of H-pyrrole nitrogens is 1. The second kappa shape index (κ2) is 9.36. The maximum Gasteiger partial charge on any atom is 0.276 e. The fourth-order valence-electron chi connectivity index (χ4n) is 2.90. The molecule has 0 saturated heterocycles. The zero-order chi connectivity index (χ0) is 23.4. The molecule has 166 valence electrons. The van der Waals surface area contributed by atoms with Crippen LogP contribution in [0.4, 0.5) is 5.69 Å². The van der Waals surface area contributed by atoms with E-state index in [4.69, 9.17) is 27.4 Å². The molecule has 2 aromatic carbocycles. The van der Waals surface area contributed by atoms with Gasteiger partial charge in [0.05, 0.1) is 30.2 Å². The van der Waals surface area contributed by atoms with Crippen molar-refractivity contribution in [3.8, 4) is 11.5 Å². The minimum absolute atomic E-state index is 0.148. The molecular weight excluding hydrogens is 440 g/mol. The fraction of sp³-hybridized carbons (Fsp3) is 0.158. The van der Waals surface area contributed by atoms with Crippen molar-refractivity contribution >= 4 is 39.8 Å². The number of aliphatic hydroxyl groups is 1. The molecule has 32 heavy (non-hydrogen) atoms. The third kappa shape index (κ3) is 4.63. The van der Waals surface area contributed by atoms with Gasteiger partial charge < -0.3 is 25.3 Å². The second-order valence-corrected chi connectivity index (χ2v) is 6.80. The summed E-state index contributed by atoms with van der Waals surface area (Å²) in [6.45, 7) is 0. The van der Waals surface area contributed by atoms with E-state index < -0.39 is 16.6 Å². The summed E-state index contributed by atoms with van der Waals surface area (Å²) in [5.41, 5.74) is 7.12. The molecule has 0 spiro atoms. The summed E-state index contributed by atoms with van der Waals surface area (Å²) in [5.74, 6) is 0.782. The van der Waals surface area contributed by atoms with Gasteiger partial charge in [0.1, 0.15) is 11.8 Å². The van der Waals surface area contributed by atoms with Gasteiger partial charge in [0.15, 0.2) is 22.3 Å². The van der Waals surface area contributed by atoms with Crippen molar-refractivity contribution in [1.29, 1.82) is 0 Å². The number of rotatable bonds is 7. The van der Waals surface area contributed by atoms with Crippen molar-refractivity contribution in [2.24, 2.45) is 10.8 Å². The number of aromatic nitrogens is 2. The fourth-order valence-corrected chi connectivity index (χ4v) is 2.95. The van der Waals surface area contributed by atoms with E-state index >= 15 is 0 Å². The van der Waals surface area contributed by atoms with Crippen LogP contribution in [-0.2, 0) is 0 Å². The summed E-state index contributed by atoms with van der Waals surface area (Å²) in [5, 5.41) is 25.8. The van der Waals surface area contributed by atoms with Crippen molar-refractivity contribution in [1.82, 2.24) is 15.4 Å². The molecular formula is C19H18N6O6S. The normalized spacial score (nSPS) is 12.3. The van der Waals surface area contributed by atoms with Gasteiger partial charge in [-0.1, -0.05) is 6.07 Å². The van der Waals surface area contributed by atoms with Crippen LogP contribution in [0, 0.1) is 10.1 Å². The first-order valence-electron chi connectivity index (χ1n) is 8.97. The number of nitrogens with one attached hydrogen (secondary N) is 2. The lowest BCUT2D eigenvalue weighted by Gasteiger charge is -2.16. The first-order valence-corrected chi connectivity index (χ1v) is 9.37. The highest BCUT2D eigenvalue weighted by Crippen LogP contribution is 2.31. The molecule has 13 heteroatoms. The number of nitrogens with two attached hydrogens (primary N) is 1. The molecule has 1 unspecified atom stereocenters. The van der Waals surface area contributed by atoms with Crippen LogP contribution in [0.15, 0.2) is 46.3 Å². The van der Waals surface area contributed by atoms with Gasteiger partial charge in [0.25, 0.3) is 11.2 Å². The van der Waals surface area contributed by atoms with Gasteiger partial charge in [-0.05, 0) is 36.0 Å². The Balaban J connectivity index is 2.14. The van der Waals surface area contributed by atoms with E-state index in [2.05, 4.69) is 20.5 Å². The molecule has 3 aromatic rings. The number of thiocarbonyl (C=S) groups is 1. The number of nitrogens with zero attached hydrogens (tertiary/aromatic N) is 3. The summed E-state index contributed by atoms with van der Waals surface area (Å²) in [6, 6.07) is 8.44. The molecule has 5 N–H and O–H groups in total. The van der Waals surface area contributed by atoms with Crippen molar-refractivity contribution in [2.45, 2.75) is 6.10 Å². The summed E-state index contributed by atoms with van der Waals surface area (Å²) in [6.07, 6.45) is -1.44. The van der Waals surface area contributed by atoms with Crippen LogP contribution in [0.25, 0.3) is 11.0 Å². The Labute approximate surface area is 185 Å². The van der Waals surface area contributed by atoms with Gasteiger partial charge in [-0.25, -0.2) is 4.98 Å². The monoisotopic (exact) mass is 458 g/mol. The van der Waals surface area contributed by atoms with Crippen LogP contribution < -0.4 is 26.2 Å². The minimum Gasteiger partial charge on any atom is -0.493 e. The Hall–Kier alpha value is -4.10. The number of hydrazone groups is 1. The van der Waals surface area contributed by atoms with Crippen molar-refractivity contribution in [3.63, 3.8) is 0 Å². The number of aliphatic hydroxyl groups excluding tert-OH is 1. The van der Waals surface area contributed by atoms with Gasteiger partial charge >= 0.3 is 0 Å². The van der Waals surface area contributed by atoms with E-state index in [-0.39, 0.29) is 33.2 Å². The quantitative estimate of drug-likeness (QED) is 0.173. The van der Waals surface area contributed by atoms with E-state index in [9.17, 15) is 20.0 Å². The Kier molecular flexibility index (Phi) is 6.61. The molecule has 0 aliphatic carbocycles. The molecule has 0 radical (unpaired) electrons. The lowest BCUT2D eigenvalue weighted by atomic mass is 10.0. The van der Waals surface area contributed by atoms with Crippen LogP contribution in [0.2, 0.25) is 0 Å². The number of nitro groups is 1. The number of benzene rings is 2. The summed E-state index contributed by atoms with van der Waals surface area (Å²) >= 11 is 4.76. The summed E-state index contributed by atoms with van der Waals surface area (Å²) in [7, 11) is 2.90. The molecule has 0 fully saturated rings. The molecule has 1 atom stereocenters. The number of methoxy groups -OCH3 is 2. The molecule has 0 amide bonds. The third-order valence-electron chi connectivity index (χ3n) is 4.40. The molecule has 1 heterocycles. The average Bonchev–Trinajstić information content (AvgIpc) is 2.78. The predicted octanol–water partition coefficient (Wildman–Crippen LogP) is 1.12. The van der Waals surface area contributed by atoms with Crippen molar-refractivity contribution < 1.29 is 19.5 Å². The molecule has 1 aromatic heterocycles. The number of fused-ring (bicyclic) bond motifs is 1. The lowest BCUT2D eigenvalue weighted by molar-refractivity contribution is -0.384. The minimum atomic E-state index is -1.44. The third-order valence-corrected chi connectivity index (χ3v) is 4.49. The van der Waals surface area contributed by atoms with Gasteiger partial charge in [0, 0.05) is 12.1 Å². The highest BCUT2D eigenvalue weighted by molar-refractivity contribution is 7.80. The summed E-state index contributed by atoms with van der Waals surface area (Å²) in [4.78, 5) is 29.9. The number of nitro benzene ring substituents is 1. The van der Waals surface area contributed by atoms with Gasteiger partial charge in [0.2, 0.25) is 0 Å². The summed E-state index contributed by atoms with van der Waals surface area (Å²) < 4.78 is 10.4. The van der Waals surface area contributed by atoms with Crippen LogP contribution >= 0.6 is 12.2 Å². The van der Waals surface area contributed by atoms with E-state index in [1.807, 2.05) is 0 Å². The van der Waals surface area contributed by atoms with Crippen molar-refractivity contribution in [3.05, 3.63) is 68.1 Å². The number of non-ortho nitro benzene ring substituents is 1. The van der Waals surface area contributed by atoms with Crippen LogP contribution in [-0.4, -0.2) is 45.0 Å². The molecule has 0 saturated carbocycles.